The van der Waals surface area contributed by atoms with Crippen LogP contribution in [0.4, 0.5) is 0 Å². The second kappa shape index (κ2) is 11.9. The highest BCUT2D eigenvalue weighted by Crippen LogP contribution is 2.52. The highest BCUT2D eigenvalue weighted by Gasteiger charge is 2.52. The first-order valence-corrected chi connectivity index (χ1v) is 15.1. The molecule has 0 aromatic heterocycles. The largest absolute Gasteiger partial charge is 0.493 e. The molecule has 0 radical (unpaired) electrons. The molecule has 1 aromatic carbocycles. The predicted molar refractivity (Wildman–Crippen MR) is 148 cm³/mol. The molecule has 0 spiro atoms. The molecular weight excluding hydrogens is 528 g/mol. The summed E-state index contributed by atoms with van der Waals surface area (Å²) in [5.41, 5.74) is 1.60. The molecule has 41 heavy (non-hydrogen) atoms. The normalized spacial score (nSPS) is 33.1. The quantitative estimate of drug-likeness (QED) is 0.333. The number of aliphatic hydroxyl groups is 3. The number of amides is 2. The van der Waals surface area contributed by atoms with Crippen molar-refractivity contribution in [1.82, 2.24) is 10.2 Å². The van der Waals surface area contributed by atoms with Crippen LogP contribution in [0, 0.1) is 17.8 Å². The minimum atomic E-state index is -1.12. The molecule has 2 heterocycles. The third-order valence-corrected chi connectivity index (χ3v) is 9.92. The Morgan fingerprint density at radius 2 is 2.02 bits per heavy atom. The van der Waals surface area contributed by atoms with Gasteiger partial charge in [0.25, 0.3) is 0 Å². The first-order valence-electron chi connectivity index (χ1n) is 15.1. The van der Waals surface area contributed by atoms with E-state index in [1.165, 1.54) is 26.4 Å². The Bertz CT molecular complexity index is 1180. The minimum Gasteiger partial charge on any atom is -0.493 e. The van der Waals surface area contributed by atoms with E-state index in [4.69, 9.17) is 14.2 Å². The number of carbonyl (C=O) groups excluding carboxylic acids is 2. The maximum absolute atomic E-state index is 14.1. The molecule has 8 unspecified atom stereocenters. The molecule has 1 saturated heterocycles. The van der Waals surface area contributed by atoms with Crippen LogP contribution in [0.2, 0.25) is 0 Å². The summed E-state index contributed by atoms with van der Waals surface area (Å²) in [4.78, 5) is 29.3. The molecule has 6 rings (SSSR count). The molecule has 2 amide bonds. The summed E-state index contributed by atoms with van der Waals surface area (Å²) in [7, 11) is 1.50. The highest BCUT2D eigenvalue weighted by molar-refractivity contribution is 5.96. The molecule has 2 aliphatic heterocycles. The number of nitrogens with zero attached hydrogens (tertiary/aromatic N) is 1. The molecule has 3 aliphatic carbocycles. The van der Waals surface area contributed by atoms with Crippen LogP contribution < -0.4 is 14.8 Å². The number of carbonyl (C=O) groups is 2. The molecule has 10 nitrogen and oxygen atoms in total. The number of hydrogen-bond donors (Lipinski definition) is 4. The number of hydrogen-bond acceptors (Lipinski definition) is 8. The van der Waals surface area contributed by atoms with Gasteiger partial charge in [0.1, 0.15) is 12.2 Å². The summed E-state index contributed by atoms with van der Waals surface area (Å²) >= 11 is 0. The second-order valence-corrected chi connectivity index (χ2v) is 12.3. The molecule has 10 heteroatoms. The van der Waals surface area contributed by atoms with Crippen LogP contribution in [0.25, 0.3) is 0 Å². The third-order valence-electron chi connectivity index (χ3n) is 9.92. The van der Waals surface area contributed by atoms with Crippen LogP contribution in [-0.2, 0) is 20.9 Å². The van der Waals surface area contributed by atoms with E-state index < -0.39 is 30.1 Å². The fourth-order valence-corrected chi connectivity index (χ4v) is 7.98. The van der Waals surface area contributed by atoms with Gasteiger partial charge < -0.3 is 39.7 Å². The van der Waals surface area contributed by atoms with Gasteiger partial charge in [-0.1, -0.05) is 6.42 Å². The van der Waals surface area contributed by atoms with E-state index in [0.717, 1.165) is 25.2 Å². The van der Waals surface area contributed by atoms with Gasteiger partial charge in [0.2, 0.25) is 11.8 Å². The highest BCUT2D eigenvalue weighted by atomic mass is 16.5. The lowest BCUT2D eigenvalue weighted by molar-refractivity contribution is -0.140. The van der Waals surface area contributed by atoms with Gasteiger partial charge in [-0.2, -0.15) is 0 Å². The molecular formula is C31H42N2O8. The Labute approximate surface area is 240 Å². The lowest BCUT2D eigenvalue weighted by atomic mass is 9.77. The van der Waals surface area contributed by atoms with Crippen LogP contribution in [0.5, 0.6) is 11.5 Å². The number of methoxy groups -OCH3 is 1. The van der Waals surface area contributed by atoms with Gasteiger partial charge in [0.15, 0.2) is 11.5 Å². The van der Waals surface area contributed by atoms with Crippen LogP contribution >= 0.6 is 0 Å². The summed E-state index contributed by atoms with van der Waals surface area (Å²) in [6, 6.07) is 2.66. The predicted octanol–water partition coefficient (Wildman–Crippen LogP) is 1.64. The summed E-state index contributed by atoms with van der Waals surface area (Å²) in [5.74, 6) is 1.42. The fourth-order valence-electron chi connectivity index (χ4n) is 7.98. The van der Waals surface area contributed by atoms with E-state index in [-0.39, 0.29) is 31.8 Å². The van der Waals surface area contributed by atoms with Crippen molar-refractivity contribution in [2.45, 2.75) is 81.8 Å². The second-order valence-electron chi connectivity index (χ2n) is 12.3. The van der Waals surface area contributed by atoms with Gasteiger partial charge in [0.05, 0.1) is 38.4 Å². The third kappa shape index (κ3) is 5.35. The summed E-state index contributed by atoms with van der Waals surface area (Å²) in [5, 5.41) is 33.9. The van der Waals surface area contributed by atoms with Crippen molar-refractivity contribution in [3.05, 3.63) is 34.9 Å². The summed E-state index contributed by atoms with van der Waals surface area (Å²) < 4.78 is 17.8. The molecule has 2 bridgehead atoms. The number of benzene rings is 1. The minimum absolute atomic E-state index is 0.0254. The molecule has 224 valence electrons. The van der Waals surface area contributed by atoms with Crippen molar-refractivity contribution in [3.8, 4) is 11.5 Å². The number of rotatable bonds is 10. The van der Waals surface area contributed by atoms with E-state index in [1.807, 2.05) is 0 Å². The zero-order valence-corrected chi connectivity index (χ0v) is 23.7. The van der Waals surface area contributed by atoms with Gasteiger partial charge in [-0.25, -0.2) is 0 Å². The first kappa shape index (κ1) is 28.5. The molecule has 3 fully saturated rings. The molecule has 4 N–H and O–H groups in total. The standard InChI is InChI=1S/C31H42N2O8/c1-39-25-12-18(16-35)11-22-27-23(31(38)32-6-7-34)14-24(28(37)30(27)41-29(22)25)33(15-21-3-2-8-40-21)26(36)13-20-10-17-4-5-19(20)9-17/h11-12,14,17,19-21,24,27-28,30,34-35,37H,2-10,13,15-16H2,1H3,(H,32,38). The maximum atomic E-state index is 14.1. The average molecular weight is 571 g/mol. The Morgan fingerprint density at radius 3 is 2.68 bits per heavy atom. The summed E-state index contributed by atoms with van der Waals surface area (Å²) in [6.45, 7) is 0.604. The Morgan fingerprint density at radius 1 is 1.17 bits per heavy atom. The fraction of sp³-hybridized carbons (Fsp3) is 0.677. The zero-order chi connectivity index (χ0) is 28.7. The number of nitrogens with one attached hydrogen (secondary N) is 1. The SMILES string of the molecule is COc1cc(CO)cc2c1OC1C2C(C(=O)NCCO)=CC(N(CC2CCCO2)C(=O)CC2CC3CCC2C3)C1O. The lowest BCUT2D eigenvalue weighted by Crippen LogP contribution is -2.57. The van der Waals surface area contributed by atoms with Gasteiger partial charge in [-0.05, 0) is 73.6 Å². The lowest BCUT2D eigenvalue weighted by Gasteiger charge is -2.42. The molecule has 5 aliphatic rings. The van der Waals surface area contributed by atoms with Crippen LogP contribution in [0.15, 0.2) is 23.8 Å². The van der Waals surface area contributed by atoms with E-state index in [2.05, 4.69) is 5.32 Å². The Kier molecular flexibility index (Phi) is 8.27. The molecule has 2 saturated carbocycles. The van der Waals surface area contributed by atoms with Gasteiger partial charge >= 0.3 is 0 Å². The number of ether oxygens (including phenoxy) is 3. The van der Waals surface area contributed by atoms with Gasteiger partial charge in [-0.3, -0.25) is 9.59 Å². The Balaban J connectivity index is 1.36. The Hall–Kier alpha value is -2.66. The maximum Gasteiger partial charge on any atom is 0.247 e. The zero-order valence-electron chi connectivity index (χ0n) is 23.7. The van der Waals surface area contributed by atoms with E-state index >= 15 is 0 Å². The average Bonchev–Trinajstić information content (AvgIpc) is 3.79. The number of fused-ring (bicyclic) bond motifs is 5. The first-order chi connectivity index (χ1) is 19.9. The van der Waals surface area contributed by atoms with Crippen molar-refractivity contribution < 1.29 is 39.1 Å². The van der Waals surface area contributed by atoms with Crippen LogP contribution in [-0.4, -0.2) is 89.8 Å². The number of aliphatic hydroxyl groups excluding tert-OH is 3. The van der Waals surface area contributed by atoms with E-state index in [9.17, 15) is 24.9 Å². The van der Waals surface area contributed by atoms with Crippen LogP contribution in [0.3, 0.4) is 0 Å². The van der Waals surface area contributed by atoms with Crippen molar-refractivity contribution >= 4 is 11.8 Å². The van der Waals surface area contributed by atoms with E-state index in [1.54, 1.807) is 23.1 Å². The van der Waals surface area contributed by atoms with Gasteiger partial charge in [0, 0.05) is 37.3 Å². The molecule has 8 atom stereocenters. The van der Waals surface area contributed by atoms with Gasteiger partial charge in [-0.15, -0.1) is 0 Å². The van der Waals surface area contributed by atoms with Crippen LogP contribution in [0.1, 0.15) is 62.0 Å². The monoisotopic (exact) mass is 570 g/mol. The van der Waals surface area contributed by atoms with Crippen molar-refractivity contribution in [1.29, 1.82) is 0 Å². The smallest absolute Gasteiger partial charge is 0.247 e. The van der Waals surface area contributed by atoms with Crippen molar-refractivity contribution in [3.63, 3.8) is 0 Å². The van der Waals surface area contributed by atoms with Crippen molar-refractivity contribution in [2.24, 2.45) is 17.8 Å². The summed E-state index contributed by atoms with van der Waals surface area (Å²) in [6.07, 6.45) is 6.54. The van der Waals surface area contributed by atoms with E-state index in [0.29, 0.717) is 59.6 Å². The van der Waals surface area contributed by atoms with Crippen molar-refractivity contribution in [2.75, 3.05) is 33.4 Å². The topological polar surface area (TPSA) is 138 Å². The molecule has 1 aromatic rings.